The van der Waals surface area contributed by atoms with Crippen molar-refractivity contribution in [1.82, 2.24) is 5.32 Å². The van der Waals surface area contributed by atoms with E-state index < -0.39 is 6.04 Å². The Morgan fingerprint density at radius 1 is 1.47 bits per heavy atom. The summed E-state index contributed by atoms with van der Waals surface area (Å²) in [6, 6.07) is 6.83. The zero-order valence-corrected chi connectivity index (χ0v) is 9.72. The second kappa shape index (κ2) is 5.16. The fourth-order valence-electron chi connectivity index (χ4n) is 1.90. The number of benzene rings is 1. The number of carbonyl (C=O) groups is 1. The van der Waals surface area contributed by atoms with E-state index >= 15 is 0 Å². The van der Waals surface area contributed by atoms with Crippen LogP contribution in [0.4, 0.5) is 5.69 Å². The summed E-state index contributed by atoms with van der Waals surface area (Å²) in [7, 11) is 1.60. The zero-order valence-electron chi connectivity index (χ0n) is 9.72. The number of nitrogens with zero attached hydrogens (tertiary/aromatic N) is 1. The van der Waals surface area contributed by atoms with E-state index in [1.54, 1.807) is 12.0 Å². The fraction of sp³-hybridized carbons (Fsp3) is 0.417. The minimum atomic E-state index is -0.495. The lowest BCUT2D eigenvalue weighted by molar-refractivity contribution is -0.122. The van der Waals surface area contributed by atoms with Gasteiger partial charge in [0.05, 0.1) is 13.7 Å². The molecule has 0 radical (unpaired) electrons. The molecule has 0 spiro atoms. The third kappa shape index (κ3) is 2.40. The van der Waals surface area contributed by atoms with Crippen LogP contribution >= 0.6 is 0 Å². The lowest BCUT2D eigenvalue weighted by Gasteiger charge is -2.32. The molecule has 2 N–H and O–H groups in total. The van der Waals surface area contributed by atoms with Crippen molar-refractivity contribution in [3.8, 4) is 5.75 Å². The van der Waals surface area contributed by atoms with Gasteiger partial charge < -0.3 is 20.1 Å². The Balaban J connectivity index is 2.17. The molecule has 1 aliphatic rings. The average Bonchev–Trinajstić information content (AvgIpc) is 2.39. The molecular formula is C12H16N2O3. The van der Waals surface area contributed by atoms with Crippen molar-refractivity contribution in [2.24, 2.45) is 0 Å². The number of amides is 1. The first-order valence-corrected chi connectivity index (χ1v) is 5.56. The summed E-state index contributed by atoms with van der Waals surface area (Å²) in [6.07, 6.45) is 0. The van der Waals surface area contributed by atoms with E-state index in [-0.39, 0.29) is 12.5 Å². The maximum absolute atomic E-state index is 12.0. The first kappa shape index (κ1) is 11.9. The SMILES string of the molecule is COc1ccc(N2CCNC(CO)C2=O)cc1. The lowest BCUT2D eigenvalue weighted by atomic mass is 10.1. The second-order valence-electron chi connectivity index (χ2n) is 3.88. The fourth-order valence-corrected chi connectivity index (χ4v) is 1.90. The molecule has 1 aliphatic heterocycles. The van der Waals surface area contributed by atoms with Crippen molar-refractivity contribution in [2.45, 2.75) is 6.04 Å². The quantitative estimate of drug-likeness (QED) is 0.775. The predicted molar refractivity (Wildman–Crippen MR) is 64.2 cm³/mol. The highest BCUT2D eigenvalue weighted by Crippen LogP contribution is 2.20. The van der Waals surface area contributed by atoms with Crippen molar-refractivity contribution in [3.63, 3.8) is 0 Å². The standard InChI is InChI=1S/C12H16N2O3/c1-17-10-4-2-9(3-5-10)14-7-6-13-11(8-15)12(14)16/h2-5,11,13,15H,6-8H2,1H3. The number of hydrogen-bond acceptors (Lipinski definition) is 4. The van der Waals surface area contributed by atoms with Crippen molar-refractivity contribution < 1.29 is 14.6 Å². The van der Waals surface area contributed by atoms with E-state index in [1.165, 1.54) is 0 Å². The van der Waals surface area contributed by atoms with Crippen LogP contribution in [0.2, 0.25) is 0 Å². The van der Waals surface area contributed by atoms with Crippen LogP contribution in [0.1, 0.15) is 0 Å². The van der Waals surface area contributed by atoms with Crippen molar-refractivity contribution in [2.75, 3.05) is 31.7 Å². The van der Waals surface area contributed by atoms with E-state index in [1.807, 2.05) is 24.3 Å². The molecule has 1 unspecified atom stereocenters. The van der Waals surface area contributed by atoms with Gasteiger partial charge in [-0.1, -0.05) is 0 Å². The molecule has 0 aromatic heterocycles. The van der Waals surface area contributed by atoms with E-state index in [4.69, 9.17) is 9.84 Å². The summed E-state index contributed by atoms with van der Waals surface area (Å²) >= 11 is 0. The number of rotatable bonds is 3. The van der Waals surface area contributed by atoms with Gasteiger partial charge in [0.1, 0.15) is 11.8 Å². The van der Waals surface area contributed by atoms with Crippen molar-refractivity contribution >= 4 is 11.6 Å². The molecule has 0 saturated carbocycles. The molecule has 5 heteroatoms. The molecule has 1 amide bonds. The molecule has 1 fully saturated rings. The number of aliphatic hydroxyl groups excluding tert-OH is 1. The number of carbonyl (C=O) groups excluding carboxylic acids is 1. The van der Waals surface area contributed by atoms with Gasteiger partial charge in [-0.3, -0.25) is 4.79 Å². The number of ether oxygens (including phenoxy) is 1. The van der Waals surface area contributed by atoms with Gasteiger partial charge in [0, 0.05) is 18.8 Å². The largest absolute Gasteiger partial charge is 0.497 e. The van der Waals surface area contributed by atoms with Gasteiger partial charge in [0.2, 0.25) is 5.91 Å². The molecule has 1 atom stereocenters. The van der Waals surface area contributed by atoms with Gasteiger partial charge in [-0.2, -0.15) is 0 Å². The molecule has 1 aromatic carbocycles. The first-order valence-electron chi connectivity index (χ1n) is 5.56. The molecule has 5 nitrogen and oxygen atoms in total. The lowest BCUT2D eigenvalue weighted by Crippen LogP contribution is -2.56. The molecular weight excluding hydrogens is 220 g/mol. The van der Waals surface area contributed by atoms with Gasteiger partial charge in [0.25, 0.3) is 0 Å². The number of nitrogens with one attached hydrogen (secondary N) is 1. The Kier molecular flexibility index (Phi) is 3.61. The van der Waals surface area contributed by atoms with Crippen LogP contribution in [-0.2, 0) is 4.79 Å². The molecule has 92 valence electrons. The van der Waals surface area contributed by atoms with Crippen LogP contribution in [0.15, 0.2) is 24.3 Å². The molecule has 0 bridgehead atoms. The Morgan fingerprint density at radius 2 is 2.18 bits per heavy atom. The molecule has 1 saturated heterocycles. The van der Waals surface area contributed by atoms with Gasteiger partial charge in [-0.25, -0.2) is 0 Å². The number of anilines is 1. The first-order chi connectivity index (χ1) is 8.26. The maximum Gasteiger partial charge on any atom is 0.246 e. The molecule has 17 heavy (non-hydrogen) atoms. The van der Waals surface area contributed by atoms with Crippen molar-refractivity contribution in [1.29, 1.82) is 0 Å². The van der Waals surface area contributed by atoms with Gasteiger partial charge >= 0.3 is 0 Å². The van der Waals surface area contributed by atoms with E-state index in [9.17, 15) is 4.79 Å². The molecule has 1 heterocycles. The van der Waals surface area contributed by atoms with Crippen LogP contribution < -0.4 is 15.0 Å². The smallest absolute Gasteiger partial charge is 0.246 e. The monoisotopic (exact) mass is 236 g/mol. The third-order valence-electron chi connectivity index (χ3n) is 2.86. The van der Waals surface area contributed by atoms with Crippen LogP contribution in [-0.4, -0.2) is 43.9 Å². The highest BCUT2D eigenvalue weighted by atomic mass is 16.5. The van der Waals surface area contributed by atoms with Gasteiger partial charge in [0.15, 0.2) is 0 Å². The van der Waals surface area contributed by atoms with E-state index in [0.29, 0.717) is 13.1 Å². The second-order valence-corrected chi connectivity index (χ2v) is 3.88. The maximum atomic E-state index is 12.0. The average molecular weight is 236 g/mol. The van der Waals surface area contributed by atoms with Gasteiger partial charge in [-0.05, 0) is 24.3 Å². The summed E-state index contributed by atoms with van der Waals surface area (Å²) in [4.78, 5) is 13.7. The number of hydrogen-bond donors (Lipinski definition) is 2. The number of aliphatic hydroxyl groups is 1. The normalized spacial score (nSPS) is 20.5. The van der Waals surface area contributed by atoms with Crippen LogP contribution in [0.5, 0.6) is 5.75 Å². The number of methoxy groups -OCH3 is 1. The predicted octanol–water partition coefficient (Wildman–Crippen LogP) is -0.00770. The zero-order chi connectivity index (χ0) is 12.3. The summed E-state index contributed by atoms with van der Waals surface area (Å²) in [5, 5.41) is 12.1. The van der Waals surface area contributed by atoms with Crippen LogP contribution in [0, 0.1) is 0 Å². The van der Waals surface area contributed by atoms with Crippen molar-refractivity contribution in [3.05, 3.63) is 24.3 Å². The van der Waals surface area contributed by atoms with E-state index in [2.05, 4.69) is 5.32 Å². The minimum absolute atomic E-state index is 0.0936. The van der Waals surface area contributed by atoms with Gasteiger partial charge in [-0.15, -0.1) is 0 Å². The third-order valence-corrected chi connectivity index (χ3v) is 2.86. The number of piperazine rings is 1. The Hall–Kier alpha value is -1.59. The highest BCUT2D eigenvalue weighted by Gasteiger charge is 2.28. The summed E-state index contributed by atoms with van der Waals surface area (Å²) in [5.41, 5.74) is 0.829. The Bertz CT molecular complexity index is 391. The minimum Gasteiger partial charge on any atom is -0.497 e. The molecule has 1 aromatic rings. The Labute approximate surface area is 100.0 Å². The van der Waals surface area contributed by atoms with Crippen LogP contribution in [0.3, 0.4) is 0 Å². The molecule has 2 rings (SSSR count). The van der Waals surface area contributed by atoms with E-state index in [0.717, 1.165) is 11.4 Å². The topological polar surface area (TPSA) is 61.8 Å². The summed E-state index contributed by atoms with van der Waals surface area (Å²) in [6.45, 7) is 1.12. The van der Waals surface area contributed by atoms with Crippen LogP contribution in [0.25, 0.3) is 0 Å². The summed E-state index contributed by atoms with van der Waals surface area (Å²) < 4.78 is 5.07. The Morgan fingerprint density at radius 3 is 2.76 bits per heavy atom. The molecule has 0 aliphatic carbocycles. The highest BCUT2D eigenvalue weighted by molar-refractivity contribution is 5.98. The summed E-state index contributed by atoms with van der Waals surface area (Å²) in [5.74, 6) is 0.666.